The van der Waals surface area contributed by atoms with Crippen LogP contribution in [-0.4, -0.2) is 59.2 Å². The van der Waals surface area contributed by atoms with Crippen molar-refractivity contribution in [3.05, 3.63) is 94.8 Å². The van der Waals surface area contributed by atoms with Gasteiger partial charge in [0.05, 0.1) is 24.6 Å². The summed E-state index contributed by atoms with van der Waals surface area (Å²) < 4.78 is 19.1. The molecule has 41 heavy (non-hydrogen) atoms. The van der Waals surface area contributed by atoms with Gasteiger partial charge in [-0.2, -0.15) is 10.2 Å². The van der Waals surface area contributed by atoms with Crippen LogP contribution in [0.5, 0.6) is 5.75 Å². The lowest BCUT2D eigenvalue weighted by Crippen LogP contribution is -2.44. The Labute approximate surface area is 235 Å². The lowest BCUT2D eigenvalue weighted by Gasteiger charge is -2.25. The smallest absolute Gasteiger partial charge is 0.264 e. The minimum absolute atomic E-state index is 0.109. The van der Waals surface area contributed by atoms with Crippen molar-refractivity contribution in [1.29, 1.82) is 0 Å². The van der Waals surface area contributed by atoms with Gasteiger partial charge in [-0.05, 0) is 55.3 Å². The molecule has 3 aromatic rings. The van der Waals surface area contributed by atoms with Gasteiger partial charge in [0, 0.05) is 12.0 Å². The van der Waals surface area contributed by atoms with E-state index >= 15 is 0 Å². The van der Waals surface area contributed by atoms with Crippen LogP contribution in [0.25, 0.3) is 0 Å². The largest absolute Gasteiger partial charge is 0.497 e. The number of aryl methyl sites for hydroxylation is 2. The first kappa shape index (κ1) is 26.3. The number of anilines is 1. The average molecular weight is 555 g/mol. The molecule has 1 fully saturated rings. The molecule has 10 nitrogen and oxygen atoms in total. The zero-order chi connectivity index (χ0) is 28.8. The first-order valence-electron chi connectivity index (χ1n) is 13.2. The van der Waals surface area contributed by atoms with E-state index in [4.69, 9.17) is 9.84 Å². The number of nitrogens with zero attached hydrogens (tertiary/aromatic N) is 6. The van der Waals surface area contributed by atoms with E-state index in [1.54, 1.807) is 7.11 Å². The van der Waals surface area contributed by atoms with Crippen LogP contribution in [0.2, 0.25) is 0 Å². The Morgan fingerprint density at radius 1 is 1.02 bits per heavy atom. The maximum absolute atomic E-state index is 13.8. The highest BCUT2D eigenvalue weighted by Crippen LogP contribution is 2.36. The van der Waals surface area contributed by atoms with Gasteiger partial charge >= 0.3 is 0 Å². The van der Waals surface area contributed by atoms with Crippen molar-refractivity contribution in [2.75, 3.05) is 18.6 Å². The SMILES string of the molecule is COc1ccc([C@H]2CC(c3ccc(C)cc3C)=NN2C(=O)CN2N=N[C@@H]3C(=O)N(c4cccc(F)c4)C(=O)[C@@H]32)cc1. The number of halogens is 1. The number of amides is 3. The van der Waals surface area contributed by atoms with Crippen LogP contribution in [0.3, 0.4) is 0 Å². The number of hydrazone groups is 1. The second-order valence-electron chi connectivity index (χ2n) is 10.3. The molecule has 0 saturated carbocycles. The number of hydrogen-bond donors (Lipinski definition) is 0. The highest BCUT2D eigenvalue weighted by atomic mass is 19.1. The Hall–Kier alpha value is -4.93. The zero-order valence-electron chi connectivity index (χ0n) is 22.7. The monoisotopic (exact) mass is 554 g/mol. The molecule has 0 N–H and O–H groups in total. The number of carbonyl (C=O) groups excluding carboxylic acids is 3. The average Bonchev–Trinajstić information content (AvgIpc) is 3.64. The Morgan fingerprint density at radius 2 is 1.80 bits per heavy atom. The van der Waals surface area contributed by atoms with E-state index in [1.165, 1.54) is 28.2 Å². The first-order valence-corrected chi connectivity index (χ1v) is 13.2. The van der Waals surface area contributed by atoms with E-state index in [9.17, 15) is 18.8 Å². The number of ether oxygens (including phenoxy) is 1. The third kappa shape index (κ3) is 4.62. The van der Waals surface area contributed by atoms with E-state index in [0.717, 1.165) is 38.9 Å². The molecule has 0 bridgehead atoms. The summed E-state index contributed by atoms with van der Waals surface area (Å²) in [6.07, 6.45) is 0.486. The molecule has 0 radical (unpaired) electrons. The zero-order valence-corrected chi connectivity index (χ0v) is 22.7. The fourth-order valence-electron chi connectivity index (χ4n) is 5.56. The van der Waals surface area contributed by atoms with Gasteiger partial charge in [-0.15, -0.1) is 0 Å². The second kappa shape index (κ2) is 10.2. The molecule has 3 aliphatic rings. The van der Waals surface area contributed by atoms with Gasteiger partial charge in [-0.3, -0.25) is 19.4 Å². The van der Waals surface area contributed by atoms with Gasteiger partial charge in [-0.25, -0.2) is 14.3 Å². The normalized spacial score (nSPS) is 21.5. The summed E-state index contributed by atoms with van der Waals surface area (Å²) in [5.41, 5.74) is 4.87. The van der Waals surface area contributed by atoms with Crippen LogP contribution in [-0.2, 0) is 14.4 Å². The van der Waals surface area contributed by atoms with Crippen LogP contribution in [0.1, 0.15) is 34.7 Å². The maximum Gasteiger partial charge on any atom is 0.264 e. The van der Waals surface area contributed by atoms with Gasteiger partial charge in [0.2, 0.25) is 0 Å². The molecule has 3 aliphatic heterocycles. The third-order valence-corrected chi connectivity index (χ3v) is 7.58. The standard InChI is InChI=1S/C30H27FN6O4/c1-17-7-12-23(18(2)13-17)24-15-25(19-8-10-22(41-3)11-9-19)37(33-24)26(38)16-35-28-27(32-34-35)29(39)36(30(28)40)21-6-4-5-20(31)14-21/h4-14,25,27-28H,15-16H2,1-3H3/t25-,27+,28-/m1/s1. The molecular weight excluding hydrogens is 527 g/mol. The number of carbonyl (C=O) groups is 3. The fraction of sp³-hybridized carbons (Fsp3) is 0.267. The topological polar surface area (TPSA) is 107 Å². The van der Waals surface area contributed by atoms with E-state index in [1.807, 2.05) is 50.2 Å². The number of hydrogen-bond acceptors (Lipinski definition) is 8. The molecule has 1 saturated heterocycles. The van der Waals surface area contributed by atoms with E-state index < -0.39 is 41.7 Å². The summed E-state index contributed by atoms with van der Waals surface area (Å²) in [7, 11) is 1.59. The number of imide groups is 1. The predicted octanol–water partition coefficient (Wildman–Crippen LogP) is 4.12. The van der Waals surface area contributed by atoms with Crippen LogP contribution >= 0.6 is 0 Å². The van der Waals surface area contributed by atoms with Gasteiger partial charge in [0.15, 0.2) is 12.1 Å². The van der Waals surface area contributed by atoms with Crippen molar-refractivity contribution in [3.8, 4) is 5.75 Å². The lowest BCUT2D eigenvalue weighted by atomic mass is 9.95. The molecule has 3 amide bonds. The predicted molar refractivity (Wildman–Crippen MR) is 148 cm³/mol. The second-order valence-corrected chi connectivity index (χ2v) is 10.3. The third-order valence-electron chi connectivity index (χ3n) is 7.58. The van der Waals surface area contributed by atoms with Crippen molar-refractivity contribution >= 4 is 29.1 Å². The molecule has 0 spiro atoms. The van der Waals surface area contributed by atoms with Crippen molar-refractivity contribution in [1.82, 2.24) is 10.0 Å². The summed E-state index contributed by atoms with van der Waals surface area (Å²) in [5, 5.41) is 15.4. The Balaban J connectivity index is 1.28. The molecule has 6 rings (SSSR count). The minimum Gasteiger partial charge on any atom is -0.497 e. The number of benzene rings is 3. The fourth-order valence-corrected chi connectivity index (χ4v) is 5.56. The van der Waals surface area contributed by atoms with E-state index in [0.29, 0.717) is 12.2 Å². The Kier molecular flexibility index (Phi) is 6.56. The maximum atomic E-state index is 13.8. The number of methoxy groups -OCH3 is 1. The molecular formula is C30H27FN6O4. The van der Waals surface area contributed by atoms with Crippen LogP contribution in [0.15, 0.2) is 82.2 Å². The highest BCUT2D eigenvalue weighted by Gasteiger charge is 2.55. The minimum atomic E-state index is -1.11. The summed E-state index contributed by atoms with van der Waals surface area (Å²) in [6.45, 7) is 3.71. The first-order chi connectivity index (χ1) is 19.7. The van der Waals surface area contributed by atoms with E-state index in [2.05, 4.69) is 16.4 Å². The molecule has 11 heteroatoms. The van der Waals surface area contributed by atoms with Gasteiger partial charge in [-0.1, -0.05) is 47.2 Å². The summed E-state index contributed by atoms with van der Waals surface area (Å²) in [6, 6.07) is 16.2. The summed E-state index contributed by atoms with van der Waals surface area (Å²) in [5.74, 6) is -1.52. The molecule has 3 aromatic carbocycles. The molecule has 3 atom stereocenters. The van der Waals surface area contributed by atoms with E-state index in [-0.39, 0.29) is 12.2 Å². The van der Waals surface area contributed by atoms with Crippen molar-refractivity contribution in [3.63, 3.8) is 0 Å². The van der Waals surface area contributed by atoms with Crippen molar-refractivity contribution in [2.24, 2.45) is 15.4 Å². The number of fused-ring (bicyclic) bond motifs is 1. The summed E-state index contributed by atoms with van der Waals surface area (Å²) >= 11 is 0. The summed E-state index contributed by atoms with van der Waals surface area (Å²) in [4.78, 5) is 41.0. The molecule has 3 heterocycles. The van der Waals surface area contributed by atoms with Crippen molar-refractivity contribution in [2.45, 2.75) is 38.4 Å². The van der Waals surface area contributed by atoms with Crippen LogP contribution in [0.4, 0.5) is 10.1 Å². The van der Waals surface area contributed by atoms with Gasteiger partial charge in [0.1, 0.15) is 18.1 Å². The van der Waals surface area contributed by atoms with Gasteiger partial charge in [0.25, 0.3) is 17.7 Å². The van der Waals surface area contributed by atoms with Gasteiger partial charge < -0.3 is 4.74 Å². The van der Waals surface area contributed by atoms with Crippen LogP contribution in [0, 0.1) is 19.7 Å². The lowest BCUT2D eigenvalue weighted by molar-refractivity contribution is -0.135. The number of rotatable bonds is 6. The van der Waals surface area contributed by atoms with Crippen molar-refractivity contribution < 1.29 is 23.5 Å². The molecule has 208 valence electrons. The van der Waals surface area contributed by atoms with Crippen LogP contribution < -0.4 is 9.64 Å². The molecule has 0 aromatic heterocycles. The Bertz CT molecular complexity index is 1620. The molecule has 0 unspecified atom stereocenters. The quantitative estimate of drug-likeness (QED) is 0.426. The Morgan fingerprint density at radius 3 is 2.51 bits per heavy atom. The highest BCUT2D eigenvalue weighted by molar-refractivity contribution is 6.25. The molecule has 0 aliphatic carbocycles.